The van der Waals surface area contributed by atoms with Crippen LogP contribution in [0.15, 0.2) is 48.5 Å². The highest BCUT2D eigenvalue weighted by molar-refractivity contribution is 5.75. The maximum Gasteiger partial charge on any atom is 0.310 e. The molecule has 0 saturated heterocycles. The molecular formula is C18H19FO4. The van der Waals surface area contributed by atoms with Crippen LogP contribution < -0.4 is 9.47 Å². The molecule has 4 nitrogen and oxygen atoms in total. The standard InChI is InChI=1S/C18H19FO4/c1-22-15-4-2-5-16(12-15)23-11-3-6-17(18(20)21)13-7-9-14(19)10-8-13/h2,4-5,7-10,12,17H,3,6,11H2,1H3,(H,20,21). The highest BCUT2D eigenvalue weighted by Gasteiger charge is 2.19. The third-order valence-electron chi connectivity index (χ3n) is 3.52. The summed E-state index contributed by atoms with van der Waals surface area (Å²) in [5.41, 5.74) is 0.597. The summed E-state index contributed by atoms with van der Waals surface area (Å²) in [6, 6.07) is 12.8. The second-order valence-electron chi connectivity index (χ2n) is 5.11. The Kier molecular flexibility index (Phi) is 5.97. The van der Waals surface area contributed by atoms with Crippen molar-refractivity contribution in [1.82, 2.24) is 0 Å². The number of carboxylic acid groups (broad SMARTS) is 1. The number of ether oxygens (including phenoxy) is 2. The molecule has 0 radical (unpaired) electrons. The van der Waals surface area contributed by atoms with E-state index in [1.165, 1.54) is 24.3 Å². The lowest BCUT2D eigenvalue weighted by molar-refractivity contribution is -0.139. The molecule has 0 saturated carbocycles. The number of hydrogen-bond donors (Lipinski definition) is 1. The molecule has 0 aromatic heterocycles. The molecule has 1 N–H and O–H groups in total. The van der Waals surface area contributed by atoms with Crippen molar-refractivity contribution in [3.63, 3.8) is 0 Å². The summed E-state index contributed by atoms with van der Waals surface area (Å²) < 4.78 is 23.6. The van der Waals surface area contributed by atoms with Crippen LogP contribution in [0.5, 0.6) is 11.5 Å². The van der Waals surface area contributed by atoms with E-state index in [0.717, 1.165) is 0 Å². The third kappa shape index (κ3) is 4.98. The summed E-state index contributed by atoms with van der Waals surface area (Å²) >= 11 is 0. The minimum absolute atomic E-state index is 0.376. The highest BCUT2D eigenvalue weighted by Crippen LogP contribution is 2.23. The van der Waals surface area contributed by atoms with E-state index in [0.29, 0.717) is 36.5 Å². The monoisotopic (exact) mass is 318 g/mol. The number of halogens is 1. The van der Waals surface area contributed by atoms with Crippen molar-refractivity contribution in [3.05, 3.63) is 59.9 Å². The molecule has 0 aliphatic carbocycles. The number of aliphatic carboxylic acids is 1. The van der Waals surface area contributed by atoms with Gasteiger partial charge in [-0.15, -0.1) is 0 Å². The second kappa shape index (κ2) is 8.17. The Morgan fingerprint density at radius 2 is 1.87 bits per heavy atom. The largest absolute Gasteiger partial charge is 0.497 e. The van der Waals surface area contributed by atoms with Crippen molar-refractivity contribution in [2.45, 2.75) is 18.8 Å². The molecule has 0 amide bonds. The van der Waals surface area contributed by atoms with E-state index in [4.69, 9.17) is 9.47 Å². The summed E-state index contributed by atoms with van der Waals surface area (Å²) in [4.78, 5) is 11.4. The van der Waals surface area contributed by atoms with E-state index in [9.17, 15) is 14.3 Å². The number of hydrogen-bond acceptors (Lipinski definition) is 3. The fourth-order valence-electron chi connectivity index (χ4n) is 2.30. The van der Waals surface area contributed by atoms with Gasteiger partial charge in [0, 0.05) is 6.07 Å². The van der Waals surface area contributed by atoms with Crippen LogP contribution in [-0.2, 0) is 4.79 Å². The zero-order valence-corrected chi connectivity index (χ0v) is 12.9. The number of carbonyl (C=O) groups is 1. The molecule has 0 heterocycles. The number of carboxylic acids is 1. The van der Waals surface area contributed by atoms with Gasteiger partial charge in [-0.3, -0.25) is 4.79 Å². The maximum atomic E-state index is 12.9. The Bertz CT molecular complexity index is 640. The molecule has 2 rings (SSSR count). The first-order valence-corrected chi connectivity index (χ1v) is 7.35. The lowest BCUT2D eigenvalue weighted by Crippen LogP contribution is -2.13. The van der Waals surface area contributed by atoms with E-state index in [1.807, 2.05) is 18.2 Å². The molecule has 122 valence electrons. The summed E-state index contributed by atoms with van der Waals surface area (Å²) in [6.07, 6.45) is 0.997. The van der Waals surface area contributed by atoms with Gasteiger partial charge in [-0.05, 0) is 42.7 Å². The smallest absolute Gasteiger partial charge is 0.310 e. The molecule has 2 aromatic carbocycles. The molecule has 0 aliphatic heterocycles. The van der Waals surface area contributed by atoms with Crippen LogP contribution in [0.2, 0.25) is 0 Å². The molecule has 0 aliphatic rings. The Morgan fingerprint density at radius 3 is 2.52 bits per heavy atom. The minimum atomic E-state index is -0.919. The van der Waals surface area contributed by atoms with Crippen molar-refractivity contribution in [2.75, 3.05) is 13.7 Å². The van der Waals surface area contributed by atoms with E-state index >= 15 is 0 Å². The molecule has 23 heavy (non-hydrogen) atoms. The third-order valence-corrected chi connectivity index (χ3v) is 3.52. The van der Waals surface area contributed by atoms with Crippen LogP contribution in [0, 0.1) is 5.82 Å². The first-order valence-electron chi connectivity index (χ1n) is 7.35. The number of benzene rings is 2. The molecular weight excluding hydrogens is 299 g/mol. The second-order valence-corrected chi connectivity index (χ2v) is 5.11. The van der Waals surface area contributed by atoms with Crippen LogP contribution >= 0.6 is 0 Å². The highest BCUT2D eigenvalue weighted by atomic mass is 19.1. The SMILES string of the molecule is COc1cccc(OCCCC(C(=O)O)c2ccc(F)cc2)c1. The van der Waals surface area contributed by atoms with Crippen molar-refractivity contribution >= 4 is 5.97 Å². The Labute approximate surface area is 134 Å². The van der Waals surface area contributed by atoms with Gasteiger partial charge in [0.05, 0.1) is 19.6 Å². The van der Waals surface area contributed by atoms with Crippen LogP contribution in [-0.4, -0.2) is 24.8 Å². The predicted octanol–water partition coefficient (Wildman–Crippen LogP) is 3.86. The molecule has 1 atom stereocenters. The Morgan fingerprint density at radius 1 is 1.17 bits per heavy atom. The summed E-state index contributed by atoms with van der Waals surface area (Å²) in [7, 11) is 1.58. The van der Waals surface area contributed by atoms with Crippen molar-refractivity contribution in [3.8, 4) is 11.5 Å². The Hall–Kier alpha value is -2.56. The lowest BCUT2D eigenvalue weighted by atomic mass is 9.94. The summed E-state index contributed by atoms with van der Waals surface area (Å²) in [6.45, 7) is 0.401. The van der Waals surface area contributed by atoms with Gasteiger partial charge < -0.3 is 14.6 Å². The van der Waals surface area contributed by atoms with Gasteiger partial charge in [-0.25, -0.2) is 4.39 Å². The molecule has 0 bridgehead atoms. The lowest BCUT2D eigenvalue weighted by Gasteiger charge is -2.13. The van der Waals surface area contributed by atoms with Crippen molar-refractivity contribution in [1.29, 1.82) is 0 Å². The first kappa shape index (κ1) is 16.8. The van der Waals surface area contributed by atoms with E-state index in [2.05, 4.69) is 0 Å². The van der Waals surface area contributed by atoms with Crippen LogP contribution in [0.25, 0.3) is 0 Å². The number of rotatable bonds is 8. The summed E-state index contributed by atoms with van der Waals surface area (Å²) in [5, 5.41) is 9.33. The molecule has 5 heteroatoms. The topological polar surface area (TPSA) is 55.8 Å². The minimum Gasteiger partial charge on any atom is -0.497 e. The van der Waals surface area contributed by atoms with Gasteiger partial charge >= 0.3 is 5.97 Å². The average Bonchev–Trinajstić information content (AvgIpc) is 2.56. The van der Waals surface area contributed by atoms with Crippen LogP contribution in [0.3, 0.4) is 0 Å². The van der Waals surface area contributed by atoms with E-state index in [-0.39, 0.29) is 5.82 Å². The van der Waals surface area contributed by atoms with Gasteiger partial charge in [0.15, 0.2) is 0 Å². The fourth-order valence-corrected chi connectivity index (χ4v) is 2.30. The van der Waals surface area contributed by atoms with Crippen molar-refractivity contribution < 1.29 is 23.8 Å². The summed E-state index contributed by atoms with van der Waals surface area (Å²) in [5.74, 6) is -0.572. The Balaban J connectivity index is 1.87. The van der Waals surface area contributed by atoms with E-state index < -0.39 is 11.9 Å². The van der Waals surface area contributed by atoms with Gasteiger partial charge in [0.1, 0.15) is 17.3 Å². The van der Waals surface area contributed by atoms with Gasteiger partial charge in [-0.2, -0.15) is 0 Å². The van der Waals surface area contributed by atoms with E-state index in [1.54, 1.807) is 13.2 Å². The molecule has 0 spiro atoms. The normalized spacial score (nSPS) is 11.7. The van der Waals surface area contributed by atoms with Crippen LogP contribution in [0.4, 0.5) is 4.39 Å². The predicted molar refractivity (Wildman–Crippen MR) is 84.5 cm³/mol. The maximum absolute atomic E-state index is 12.9. The molecule has 2 aromatic rings. The first-order chi connectivity index (χ1) is 11.1. The van der Waals surface area contributed by atoms with Gasteiger partial charge in [-0.1, -0.05) is 18.2 Å². The van der Waals surface area contributed by atoms with Gasteiger partial charge in [0.2, 0.25) is 0 Å². The quantitative estimate of drug-likeness (QED) is 0.751. The van der Waals surface area contributed by atoms with Crippen LogP contribution in [0.1, 0.15) is 24.3 Å². The zero-order chi connectivity index (χ0) is 16.7. The fraction of sp³-hybridized carbons (Fsp3) is 0.278. The van der Waals surface area contributed by atoms with Crippen molar-refractivity contribution in [2.24, 2.45) is 0 Å². The number of methoxy groups -OCH3 is 1. The van der Waals surface area contributed by atoms with Gasteiger partial charge in [0.25, 0.3) is 0 Å². The molecule has 1 unspecified atom stereocenters. The molecule has 0 fully saturated rings. The zero-order valence-electron chi connectivity index (χ0n) is 12.9. The average molecular weight is 318 g/mol.